The van der Waals surface area contributed by atoms with Crippen LogP contribution in [0.4, 0.5) is 0 Å². The lowest BCUT2D eigenvalue weighted by Crippen LogP contribution is -2.54. The Kier molecular flexibility index (Phi) is 3.44. The Morgan fingerprint density at radius 1 is 1.18 bits per heavy atom. The third-order valence-electron chi connectivity index (χ3n) is 0.813. The number of nitrogens with zero attached hydrogens (tertiary/aromatic N) is 1. The van der Waals surface area contributed by atoms with E-state index in [4.69, 9.17) is 9.68 Å². The Morgan fingerprint density at radius 2 is 1.64 bits per heavy atom. The third kappa shape index (κ3) is 6.25. The monoisotopic (exact) mass is 163 g/mol. The van der Waals surface area contributed by atoms with Gasteiger partial charge < -0.3 is 0 Å². The first-order valence-electron chi connectivity index (χ1n) is 3.62. The summed E-state index contributed by atoms with van der Waals surface area (Å²) in [5, 5.41) is 0. The second-order valence-corrected chi connectivity index (χ2v) is 3.85. The molecule has 0 aromatic carbocycles. The van der Waals surface area contributed by atoms with E-state index in [1.54, 1.807) is 7.11 Å². The van der Waals surface area contributed by atoms with Gasteiger partial charge in [0, 0.05) is 0 Å². The van der Waals surface area contributed by atoms with Crippen molar-refractivity contribution in [1.29, 1.82) is 0 Å². The van der Waals surface area contributed by atoms with E-state index >= 15 is 0 Å². The molecule has 4 heteroatoms. The molecule has 0 aromatic heterocycles. The molecule has 0 radical (unpaired) electrons. The highest BCUT2D eigenvalue weighted by molar-refractivity contribution is 4.54. The van der Waals surface area contributed by atoms with Crippen LogP contribution in [0.2, 0.25) is 0 Å². The molecule has 0 spiro atoms. The van der Waals surface area contributed by atoms with Crippen LogP contribution in [-0.4, -0.2) is 31.6 Å². The van der Waals surface area contributed by atoms with E-state index in [1.807, 2.05) is 34.9 Å². The van der Waals surface area contributed by atoms with E-state index in [0.717, 1.165) is 0 Å². The van der Waals surface area contributed by atoms with Crippen molar-refractivity contribution in [1.82, 2.24) is 5.59 Å². The molecular weight excluding hydrogens is 144 g/mol. The van der Waals surface area contributed by atoms with Crippen LogP contribution in [0.15, 0.2) is 0 Å². The summed E-state index contributed by atoms with van der Waals surface area (Å²) in [7, 11) is 5.27. The first-order valence-corrected chi connectivity index (χ1v) is 3.62. The summed E-state index contributed by atoms with van der Waals surface area (Å²) in [6, 6.07) is 0. The first kappa shape index (κ1) is 10.8. The molecule has 0 aromatic rings. The highest BCUT2D eigenvalue weighted by Gasteiger charge is 2.26. The molecule has 0 amide bonds. The molecule has 0 aliphatic rings. The molecule has 0 heterocycles. The lowest BCUT2D eigenvalue weighted by Gasteiger charge is -2.31. The SMILES string of the molecule is CON[N+](C)(C)OC(C)(C)C. The van der Waals surface area contributed by atoms with E-state index in [2.05, 4.69) is 5.59 Å². The molecule has 0 aliphatic carbocycles. The van der Waals surface area contributed by atoms with Crippen LogP contribution in [0, 0.1) is 0 Å². The molecule has 11 heavy (non-hydrogen) atoms. The number of hydrogen-bond acceptors (Lipinski definition) is 3. The average molecular weight is 163 g/mol. The van der Waals surface area contributed by atoms with Crippen molar-refractivity contribution < 1.29 is 14.4 Å². The maximum atomic E-state index is 5.57. The Morgan fingerprint density at radius 3 is 1.91 bits per heavy atom. The fourth-order valence-electron chi connectivity index (χ4n) is 0.923. The van der Waals surface area contributed by atoms with E-state index in [9.17, 15) is 0 Å². The van der Waals surface area contributed by atoms with Crippen molar-refractivity contribution in [2.24, 2.45) is 0 Å². The van der Waals surface area contributed by atoms with Crippen molar-refractivity contribution in [2.45, 2.75) is 26.4 Å². The summed E-state index contributed by atoms with van der Waals surface area (Å²) in [6.45, 7) is 5.97. The first-order chi connectivity index (χ1) is 4.77. The van der Waals surface area contributed by atoms with Crippen molar-refractivity contribution in [2.75, 3.05) is 21.2 Å². The summed E-state index contributed by atoms with van der Waals surface area (Å²) >= 11 is 0. The summed E-state index contributed by atoms with van der Waals surface area (Å²) < 4.78 is 0.181. The van der Waals surface area contributed by atoms with E-state index in [0.29, 0.717) is 0 Å². The predicted molar refractivity (Wildman–Crippen MR) is 43.1 cm³/mol. The largest absolute Gasteiger partial charge is 0.257 e. The number of rotatable bonds is 3. The lowest BCUT2D eigenvalue weighted by atomic mass is 10.2. The molecule has 0 aliphatic heterocycles. The van der Waals surface area contributed by atoms with Crippen molar-refractivity contribution in [3.8, 4) is 0 Å². The summed E-state index contributed by atoms with van der Waals surface area (Å²) in [5.74, 6) is 0. The quantitative estimate of drug-likeness (QED) is 0.494. The van der Waals surface area contributed by atoms with Gasteiger partial charge in [0.1, 0.15) is 19.7 Å². The Hall–Kier alpha value is -0.160. The second-order valence-electron chi connectivity index (χ2n) is 3.85. The van der Waals surface area contributed by atoms with Gasteiger partial charge in [-0.1, -0.05) is 4.76 Å². The van der Waals surface area contributed by atoms with Crippen LogP contribution in [0.25, 0.3) is 0 Å². The zero-order valence-electron chi connectivity index (χ0n) is 8.26. The molecule has 0 unspecified atom stereocenters. The van der Waals surface area contributed by atoms with Gasteiger partial charge in [-0.05, 0) is 26.4 Å². The van der Waals surface area contributed by atoms with Gasteiger partial charge in [-0.15, -0.1) is 0 Å². The summed E-state index contributed by atoms with van der Waals surface area (Å²) in [6.07, 6.45) is 0. The summed E-state index contributed by atoms with van der Waals surface area (Å²) in [5.41, 5.74) is 2.51. The fourth-order valence-corrected chi connectivity index (χ4v) is 0.923. The van der Waals surface area contributed by atoms with Gasteiger partial charge in [-0.3, -0.25) is 4.84 Å². The van der Waals surface area contributed by atoms with Crippen LogP contribution in [0.3, 0.4) is 0 Å². The molecule has 4 nitrogen and oxygen atoms in total. The highest BCUT2D eigenvalue weighted by atomic mass is 16.8. The molecule has 0 saturated carbocycles. The average Bonchev–Trinajstić information content (AvgIpc) is 1.55. The van der Waals surface area contributed by atoms with E-state index in [1.165, 1.54) is 0 Å². The summed E-state index contributed by atoms with van der Waals surface area (Å²) in [4.78, 5) is 10.3. The zero-order valence-corrected chi connectivity index (χ0v) is 8.26. The highest BCUT2D eigenvalue weighted by Crippen LogP contribution is 2.11. The molecule has 0 rings (SSSR count). The molecule has 1 N–H and O–H groups in total. The van der Waals surface area contributed by atoms with Gasteiger partial charge in [0.05, 0.1) is 7.11 Å². The van der Waals surface area contributed by atoms with Crippen LogP contribution >= 0.6 is 0 Å². The van der Waals surface area contributed by atoms with Crippen molar-refractivity contribution >= 4 is 0 Å². The standard InChI is InChI=1S/C7H19N2O2/c1-7(2,3)11-9(4,5)8-10-6/h8H,1-6H3/q+1. The third-order valence-corrected chi connectivity index (χ3v) is 0.813. The molecule has 0 saturated heterocycles. The number of quaternary nitrogens is 1. The Balaban J connectivity index is 3.91. The number of nitrogens with one attached hydrogen (secondary N) is 1. The normalized spacial score (nSPS) is 13.6. The van der Waals surface area contributed by atoms with Gasteiger partial charge in [0.15, 0.2) is 0 Å². The Bertz CT molecular complexity index is 118. The van der Waals surface area contributed by atoms with Crippen molar-refractivity contribution in [3.05, 3.63) is 0 Å². The number of hydrogen-bond donors (Lipinski definition) is 1. The minimum absolute atomic E-state index is 0.181. The van der Waals surface area contributed by atoms with Gasteiger partial charge in [-0.25, -0.2) is 0 Å². The van der Waals surface area contributed by atoms with Gasteiger partial charge in [0.2, 0.25) is 0 Å². The zero-order chi connectivity index (χ0) is 9.12. The van der Waals surface area contributed by atoms with E-state index < -0.39 is 0 Å². The van der Waals surface area contributed by atoms with Crippen LogP contribution in [-0.2, 0) is 9.68 Å². The Labute approximate surface area is 68.6 Å². The van der Waals surface area contributed by atoms with Gasteiger partial charge in [0.25, 0.3) is 0 Å². The fraction of sp³-hybridized carbons (Fsp3) is 1.00. The molecular formula is C7H19N2O2+. The molecule has 0 bridgehead atoms. The second kappa shape index (κ2) is 3.49. The van der Waals surface area contributed by atoms with Crippen LogP contribution in [0.1, 0.15) is 20.8 Å². The van der Waals surface area contributed by atoms with Gasteiger partial charge in [-0.2, -0.15) is 4.84 Å². The van der Waals surface area contributed by atoms with Crippen LogP contribution in [0.5, 0.6) is 0 Å². The molecule has 68 valence electrons. The van der Waals surface area contributed by atoms with Gasteiger partial charge >= 0.3 is 0 Å². The van der Waals surface area contributed by atoms with Crippen molar-refractivity contribution in [3.63, 3.8) is 0 Å². The maximum absolute atomic E-state index is 5.57. The molecule has 0 fully saturated rings. The van der Waals surface area contributed by atoms with E-state index in [-0.39, 0.29) is 10.4 Å². The minimum atomic E-state index is -0.185. The number of hydroxylamine groups is 2. The van der Waals surface area contributed by atoms with Crippen LogP contribution < -0.4 is 5.59 Å². The lowest BCUT2D eigenvalue weighted by molar-refractivity contribution is -1.14. The maximum Gasteiger partial charge on any atom is 0.122 e. The predicted octanol–water partition coefficient (Wildman–Crippen LogP) is 0.859. The molecule has 0 atom stereocenters. The smallest absolute Gasteiger partial charge is 0.122 e. The topological polar surface area (TPSA) is 30.5 Å². The minimum Gasteiger partial charge on any atom is -0.257 e.